The number of rotatable bonds is 7. The van der Waals surface area contributed by atoms with Crippen LogP contribution in [0.1, 0.15) is 36.7 Å². The summed E-state index contributed by atoms with van der Waals surface area (Å²) in [5.74, 6) is 0.491. The third-order valence-corrected chi connectivity index (χ3v) is 4.98. The molecule has 0 radical (unpaired) electrons. The Kier molecular flexibility index (Phi) is 6.12. The molecule has 9 nitrogen and oxygen atoms in total. The van der Waals surface area contributed by atoms with E-state index in [0.717, 1.165) is 0 Å². The first-order valence-electron chi connectivity index (χ1n) is 10.7. The number of aromatic hydroxyl groups is 1. The van der Waals surface area contributed by atoms with Crippen molar-refractivity contribution in [3.8, 4) is 11.5 Å². The Morgan fingerprint density at radius 3 is 2.67 bits per heavy atom. The fraction of sp³-hybridized carbons (Fsp3) is 0.250. The molecule has 2 aromatic carbocycles. The SMILES string of the molecule is CCOc1cc(/C=N/n2c(N)c(C(=O)NCC(C)C)c3nc4ccccc4nc32)ccc1O. The number of amides is 1. The fourth-order valence-corrected chi connectivity index (χ4v) is 3.38. The molecule has 9 heteroatoms. The van der Waals surface area contributed by atoms with Crippen molar-refractivity contribution in [2.24, 2.45) is 11.0 Å². The number of ether oxygens (including phenoxy) is 1. The number of benzene rings is 2. The number of anilines is 1. The van der Waals surface area contributed by atoms with E-state index in [1.807, 2.05) is 45.0 Å². The summed E-state index contributed by atoms with van der Waals surface area (Å²) in [5, 5.41) is 17.3. The summed E-state index contributed by atoms with van der Waals surface area (Å²) in [5.41, 5.74) is 9.39. The first-order valence-corrected chi connectivity index (χ1v) is 10.7. The van der Waals surface area contributed by atoms with Gasteiger partial charge in [0.25, 0.3) is 5.91 Å². The first-order chi connectivity index (χ1) is 15.9. The highest BCUT2D eigenvalue weighted by molar-refractivity contribution is 6.10. The standard InChI is InChI=1S/C24H26N6O3/c1-4-33-19-11-15(9-10-18(19)31)13-27-30-22(25)20(24(32)26-12-14(2)3)21-23(30)29-17-8-6-5-7-16(17)28-21/h5-11,13-14,31H,4,12,25H2,1-3H3,(H,26,32)/b27-13+. The monoisotopic (exact) mass is 446 g/mol. The van der Waals surface area contributed by atoms with Crippen LogP contribution >= 0.6 is 0 Å². The molecule has 4 rings (SSSR count). The number of nitrogens with one attached hydrogen (secondary N) is 1. The molecule has 0 spiro atoms. The van der Waals surface area contributed by atoms with Crippen LogP contribution in [-0.4, -0.2) is 45.0 Å². The zero-order chi connectivity index (χ0) is 23.5. The molecule has 0 atom stereocenters. The maximum Gasteiger partial charge on any atom is 0.257 e. The Balaban J connectivity index is 1.84. The number of carbonyl (C=O) groups is 1. The number of phenolic OH excluding ortho intramolecular Hbond substituents is 1. The summed E-state index contributed by atoms with van der Waals surface area (Å²) in [4.78, 5) is 22.3. The highest BCUT2D eigenvalue weighted by Gasteiger charge is 2.24. The lowest BCUT2D eigenvalue weighted by Gasteiger charge is -2.07. The molecule has 0 saturated carbocycles. The molecule has 33 heavy (non-hydrogen) atoms. The number of nitrogens with two attached hydrogens (primary N) is 1. The van der Waals surface area contributed by atoms with Gasteiger partial charge in [-0.1, -0.05) is 26.0 Å². The number of fused-ring (bicyclic) bond motifs is 2. The molecule has 0 aliphatic rings. The molecule has 2 heterocycles. The second-order valence-corrected chi connectivity index (χ2v) is 7.97. The summed E-state index contributed by atoms with van der Waals surface area (Å²) in [6.07, 6.45) is 1.56. The van der Waals surface area contributed by atoms with Gasteiger partial charge in [-0.3, -0.25) is 4.79 Å². The Morgan fingerprint density at radius 1 is 1.24 bits per heavy atom. The van der Waals surface area contributed by atoms with E-state index in [1.165, 1.54) is 10.7 Å². The van der Waals surface area contributed by atoms with E-state index < -0.39 is 0 Å². The maximum atomic E-state index is 13.0. The topological polar surface area (TPSA) is 128 Å². The van der Waals surface area contributed by atoms with Gasteiger partial charge in [-0.2, -0.15) is 9.78 Å². The number of nitrogen functional groups attached to an aromatic ring is 1. The molecule has 4 N–H and O–H groups in total. The lowest BCUT2D eigenvalue weighted by atomic mass is 10.2. The number of phenols is 1. The minimum absolute atomic E-state index is 0.0429. The lowest BCUT2D eigenvalue weighted by molar-refractivity contribution is 0.0951. The maximum absolute atomic E-state index is 13.0. The van der Waals surface area contributed by atoms with Crippen LogP contribution in [0.4, 0.5) is 5.82 Å². The van der Waals surface area contributed by atoms with Gasteiger partial charge in [0.1, 0.15) is 16.9 Å². The highest BCUT2D eigenvalue weighted by atomic mass is 16.5. The zero-order valence-electron chi connectivity index (χ0n) is 18.7. The third kappa shape index (κ3) is 4.43. The van der Waals surface area contributed by atoms with Gasteiger partial charge in [0.2, 0.25) is 0 Å². The first kappa shape index (κ1) is 22.1. The van der Waals surface area contributed by atoms with E-state index in [0.29, 0.717) is 46.7 Å². The van der Waals surface area contributed by atoms with Crippen LogP contribution < -0.4 is 15.8 Å². The van der Waals surface area contributed by atoms with E-state index in [9.17, 15) is 9.90 Å². The quantitative estimate of drug-likeness (QED) is 0.373. The van der Waals surface area contributed by atoms with E-state index in [1.54, 1.807) is 18.3 Å². The normalized spacial score (nSPS) is 11.6. The van der Waals surface area contributed by atoms with E-state index in [-0.39, 0.29) is 29.0 Å². The van der Waals surface area contributed by atoms with Crippen molar-refractivity contribution in [1.29, 1.82) is 0 Å². The molecular formula is C24H26N6O3. The predicted octanol–water partition coefficient (Wildman–Crippen LogP) is 3.54. The van der Waals surface area contributed by atoms with Crippen molar-refractivity contribution in [2.75, 3.05) is 18.9 Å². The second-order valence-electron chi connectivity index (χ2n) is 7.97. The molecule has 0 fully saturated rings. The van der Waals surface area contributed by atoms with Crippen molar-refractivity contribution in [3.63, 3.8) is 0 Å². The number of para-hydroxylation sites is 2. The van der Waals surface area contributed by atoms with Crippen LogP contribution in [-0.2, 0) is 0 Å². The molecule has 170 valence electrons. The fourth-order valence-electron chi connectivity index (χ4n) is 3.38. The van der Waals surface area contributed by atoms with Gasteiger partial charge < -0.3 is 20.9 Å². The average molecular weight is 447 g/mol. The zero-order valence-corrected chi connectivity index (χ0v) is 18.7. The molecule has 0 bridgehead atoms. The number of carbonyl (C=O) groups excluding carboxylic acids is 1. The minimum atomic E-state index is -0.326. The summed E-state index contributed by atoms with van der Waals surface area (Å²) in [6.45, 7) is 6.78. The van der Waals surface area contributed by atoms with Gasteiger partial charge in [0.15, 0.2) is 17.1 Å². The number of aromatic nitrogens is 3. The van der Waals surface area contributed by atoms with Crippen LogP contribution in [0.3, 0.4) is 0 Å². The Morgan fingerprint density at radius 2 is 1.97 bits per heavy atom. The predicted molar refractivity (Wildman–Crippen MR) is 129 cm³/mol. The molecule has 1 amide bonds. The van der Waals surface area contributed by atoms with Gasteiger partial charge in [0.05, 0.1) is 23.9 Å². The van der Waals surface area contributed by atoms with Crippen LogP contribution in [0.2, 0.25) is 0 Å². The van der Waals surface area contributed by atoms with Gasteiger partial charge in [-0.05, 0) is 48.7 Å². The van der Waals surface area contributed by atoms with Crippen LogP contribution in [0.15, 0.2) is 47.6 Å². The average Bonchev–Trinajstić information content (AvgIpc) is 3.06. The minimum Gasteiger partial charge on any atom is -0.504 e. The molecule has 0 unspecified atom stereocenters. The summed E-state index contributed by atoms with van der Waals surface area (Å²) < 4.78 is 6.84. The Bertz CT molecular complexity index is 1360. The van der Waals surface area contributed by atoms with Gasteiger partial charge in [-0.15, -0.1) is 0 Å². The van der Waals surface area contributed by atoms with Crippen molar-refractivity contribution in [3.05, 3.63) is 53.6 Å². The summed E-state index contributed by atoms with van der Waals surface area (Å²) in [6, 6.07) is 12.3. The van der Waals surface area contributed by atoms with Gasteiger partial charge >= 0.3 is 0 Å². The van der Waals surface area contributed by atoms with Gasteiger partial charge in [-0.25, -0.2) is 9.97 Å². The molecule has 0 aliphatic heterocycles. The smallest absolute Gasteiger partial charge is 0.257 e. The van der Waals surface area contributed by atoms with Gasteiger partial charge in [0, 0.05) is 6.54 Å². The highest BCUT2D eigenvalue weighted by Crippen LogP contribution is 2.29. The summed E-state index contributed by atoms with van der Waals surface area (Å²) >= 11 is 0. The number of hydrogen-bond donors (Lipinski definition) is 3. The van der Waals surface area contributed by atoms with E-state index in [4.69, 9.17) is 10.5 Å². The van der Waals surface area contributed by atoms with E-state index >= 15 is 0 Å². The Labute approximate surface area is 190 Å². The van der Waals surface area contributed by atoms with Crippen molar-refractivity contribution in [1.82, 2.24) is 20.0 Å². The van der Waals surface area contributed by atoms with E-state index in [2.05, 4.69) is 20.4 Å². The van der Waals surface area contributed by atoms with Crippen LogP contribution in [0.25, 0.3) is 22.2 Å². The number of nitrogens with zero attached hydrogens (tertiary/aromatic N) is 4. The third-order valence-electron chi connectivity index (χ3n) is 4.98. The van der Waals surface area contributed by atoms with Crippen molar-refractivity contribution in [2.45, 2.75) is 20.8 Å². The molecule has 0 saturated heterocycles. The van der Waals surface area contributed by atoms with Crippen molar-refractivity contribution < 1.29 is 14.6 Å². The molecule has 2 aromatic heterocycles. The van der Waals surface area contributed by atoms with Crippen LogP contribution in [0, 0.1) is 5.92 Å². The van der Waals surface area contributed by atoms with Crippen molar-refractivity contribution >= 4 is 40.1 Å². The summed E-state index contributed by atoms with van der Waals surface area (Å²) in [7, 11) is 0. The molecular weight excluding hydrogens is 420 g/mol. The number of hydrogen-bond acceptors (Lipinski definition) is 7. The Hall–Kier alpha value is -4.14. The molecule has 0 aliphatic carbocycles. The van der Waals surface area contributed by atoms with Crippen LogP contribution in [0.5, 0.6) is 11.5 Å². The lowest BCUT2D eigenvalue weighted by Crippen LogP contribution is -2.28. The molecule has 4 aromatic rings. The largest absolute Gasteiger partial charge is 0.504 e. The second kappa shape index (κ2) is 9.15.